The summed E-state index contributed by atoms with van der Waals surface area (Å²) < 4.78 is 2.97. The van der Waals surface area contributed by atoms with Crippen molar-refractivity contribution in [1.29, 1.82) is 0 Å². The standard InChI is InChI=1S/C19H16BrN3O/c20-16-8-6-15(7-9-16)19-17-10-21-13-22(17)12-18(24)23(19)11-14-4-2-1-3-5-14/h1-10,13,19H,11-12H2/t19-/m0/s1. The number of fused-ring (bicyclic) bond motifs is 1. The zero-order valence-electron chi connectivity index (χ0n) is 13.0. The highest BCUT2D eigenvalue weighted by Gasteiger charge is 2.33. The predicted molar refractivity (Wildman–Crippen MR) is 95.2 cm³/mol. The topological polar surface area (TPSA) is 38.1 Å². The summed E-state index contributed by atoms with van der Waals surface area (Å²) in [7, 11) is 0. The summed E-state index contributed by atoms with van der Waals surface area (Å²) in [6.07, 6.45) is 3.59. The van der Waals surface area contributed by atoms with Gasteiger partial charge in [-0.1, -0.05) is 58.4 Å². The van der Waals surface area contributed by atoms with E-state index in [1.54, 1.807) is 6.33 Å². The number of carbonyl (C=O) groups excluding carboxylic acids is 1. The Balaban J connectivity index is 1.77. The van der Waals surface area contributed by atoms with E-state index in [1.165, 1.54) is 0 Å². The highest BCUT2D eigenvalue weighted by molar-refractivity contribution is 9.10. The van der Waals surface area contributed by atoms with Crippen LogP contribution in [0.2, 0.25) is 0 Å². The van der Waals surface area contributed by atoms with Gasteiger partial charge in [0.05, 0.1) is 24.3 Å². The maximum absolute atomic E-state index is 12.8. The molecule has 0 fully saturated rings. The van der Waals surface area contributed by atoms with Crippen LogP contribution in [0.4, 0.5) is 0 Å². The molecule has 2 heterocycles. The lowest BCUT2D eigenvalue weighted by Crippen LogP contribution is -2.42. The summed E-state index contributed by atoms with van der Waals surface area (Å²) in [5.74, 6) is 0.109. The molecule has 1 amide bonds. The van der Waals surface area contributed by atoms with E-state index >= 15 is 0 Å². The number of hydrogen-bond acceptors (Lipinski definition) is 2. The SMILES string of the molecule is O=C1Cn2cncc2[C@H](c2ccc(Br)cc2)N1Cc1ccccc1. The monoisotopic (exact) mass is 381 g/mol. The van der Waals surface area contributed by atoms with E-state index in [1.807, 2.05) is 46.0 Å². The van der Waals surface area contributed by atoms with Crippen molar-refractivity contribution >= 4 is 21.8 Å². The van der Waals surface area contributed by atoms with E-state index in [0.29, 0.717) is 13.1 Å². The molecule has 24 heavy (non-hydrogen) atoms. The average molecular weight is 382 g/mol. The van der Waals surface area contributed by atoms with Crippen molar-refractivity contribution in [3.05, 3.63) is 88.4 Å². The molecule has 0 radical (unpaired) electrons. The first-order valence-electron chi connectivity index (χ1n) is 7.81. The van der Waals surface area contributed by atoms with Gasteiger partial charge in [-0.15, -0.1) is 0 Å². The number of halogens is 1. The number of amides is 1. The second-order valence-electron chi connectivity index (χ2n) is 5.91. The summed E-state index contributed by atoms with van der Waals surface area (Å²) in [5.41, 5.74) is 3.26. The van der Waals surface area contributed by atoms with Crippen molar-refractivity contribution in [1.82, 2.24) is 14.5 Å². The van der Waals surface area contributed by atoms with Gasteiger partial charge in [-0.3, -0.25) is 4.79 Å². The quantitative estimate of drug-likeness (QED) is 0.692. The molecular weight excluding hydrogens is 366 g/mol. The number of carbonyl (C=O) groups is 1. The Kier molecular flexibility index (Phi) is 3.94. The number of hydrogen-bond donors (Lipinski definition) is 0. The Hall–Kier alpha value is -2.40. The minimum Gasteiger partial charge on any atom is -0.324 e. The first kappa shape index (κ1) is 15.1. The van der Waals surface area contributed by atoms with Crippen molar-refractivity contribution in [3.63, 3.8) is 0 Å². The molecule has 0 saturated carbocycles. The third-order valence-corrected chi connectivity index (χ3v) is 4.87. The van der Waals surface area contributed by atoms with Crippen molar-refractivity contribution in [3.8, 4) is 0 Å². The minimum atomic E-state index is -0.123. The second kappa shape index (κ2) is 6.24. The van der Waals surface area contributed by atoms with E-state index in [2.05, 4.69) is 45.2 Å². The molecule has 1 aromatic heterocycles. The van der Waals surface area contributed by atoms with Crippen LogP contribution in [0.3, 0.4) is 0 Å². The molecule has 4 rings (SSSR count). The Morgan fingerprint density at radius 2 is 1.83 bits per heavy atom. The summed E-state index contributed by atoms with van der Waals surface area (Å²) in [6.45, 7) is 0.931. The fourth-order valence-electron chi connectivity index (χ4n) is 3.19. The molecule has 0 spiro atoms. The molecule has 2 aromatic carbocycles. The molecule has 1 aliphatic rings. The smallest absolute Gasteiger partial charge is 0.243 e. The summed E-state index contributed by atoms with van der Waals surface area (Å²) in [4.78, 5) is 19.0. The van der Waals surface area contributed by atoms with Gasteiger partial charge in [-0.25, -0.2) is 4.98 Å². The van der Waals surface area contributed by atoms with Crippen molar-refractivity contribution in [2.24, 2.45) is 0 Å². The van der Waals surface area contributed by atoms with Gasteiger partial charge in [0, 0.05) is 11.0 Å². The molecular formula is C19H16BrN3O. The summed E-state index contributed by atoms with van der Waals surface area (Å²) >= 11 is 3.48. The minimum absolute atomic E-state index is 0.109. The molecule has 1 atom stereocenters. The predicted octanol–water partition coefficient (Wildman–Crippen LogP) is 3.78. The maximum Gasteiger partial charge on any atom is 0.243 e. The van der Waals surface area contributed by atoms with Gasteiger partial charge in [-0.2, -0.15) is 0 Å². The largest absolute Gasteiger partial charge is 0.324 e. The van der Waals surface area contributed by atoms with Crippen molar-refractivity contribution in [2.45, 2.75) is 19.1 Å². The van der Waals surface area contributed by atoms with Crippen LogP contribution < -0.4 is 0 Å². The number of benzene rings is 2. The lowest BCUT2D eigenvalue weighted by molar-refractivity contribution is -0.136. The number of rotatable bonds is 3. The first-order chi connectivity index (χ1) is 11.7. The van der Waals surface area contributed by atoms with E-state index < -0.39 is 0 Å². The Morgan fingerprint density at radius 3 is 2.58 bits per heavy atom. The third-order valence-electron chi connectivity index (χ3n) is 4.34. The van der Waals surface area contributed by atoms with Gasteiger partial charge in [0.25, 0.3) is 0 Å². The van der Waals surface area contributed by atoms with Crippen LogP contribution in [0, 0.1) is 0 Å². The molecule has 0 unspecified atom stereocenters. The van der Waals surface area contributed by atoms with Crippen molar-refractivity contribution < 1.29 is 4.79 Å². The van der Waals surface area contributed by atoms with Crippen LogP contribution in [0.25, 0.3) is 0 Å². The lowest BCUT2D eigenvalue weighted by Gasteiger charge is -2.36. The molecule has 0 aliphatic carbocycles. The maximum atomic E-state index is 12.8. The van der Waals surface area contributed by atoms with Gasteiger partial charge in [0.2, 0.25) is 5.91 Å². The molecule has 3 aromatic rings. The molecule has 120 valence electrons. The van der Waals surface area contributed by atoms with Crippen LogP contribution in [-0.2, 0) is 17.9 Å². The van der Waals surface area contributed by atoms with Gasteiger partial charge < -0.3 is 9.47 Å². The highest BCUT2D eigenvalue weighted by atomic mass is 79.9. The van der Waals surface area contributed by atoms with E-state index in [0.717, 1.165) is 21.3 Å². The number of aromatic nitrogens is 2. The molecule has 0 N–H and O–H groups in total. The summed E-state index contributed by atoms with van der Waals surface area (Å²) in [6, 6.07) is 18.1. The normalized spacial score (nSPS) is 17.0. The first-order valence-corrected chi connectivity index (χ1v) is 8.60. The van der Waals surface area contributed by atoms with Crippen LogP contribution >= 0.6 is 15.9 Å². The van der Waals surface area contributed by atoms with Gasteiger partial charge in [0.15, 0.2) is 0 Å². The zero-order valence-corrected chi connectivity index (χ0v) is 14.6. The number of nitrogens with zero attached hydrogens (tertiary/aromatic N) is 3. The van der Waals surface area contributed by atoms with E-state index in [4.69, 9.17) is 0 Å². The summed E-state index contributed by atoms with van der Waals surface area (Å²) in [5, 5.41) is 0. The van der Waals surface area contributed by atoms with Crippen molar-refractivity contribution in [2.75, 3.05) is 0 Å². The fourth-order valence-corrected chi connectivity index (χ4v) is 3.45. The molecule has 0 bridgehead atoms. The Bertz CT molecular complexity index is 858. The van der Waals surface area contributed by atoms with Gasteiger partial charge in [0.1, 0.15) is 6.54 Å². The molecule has 1 aliphatic heterocycles. The van der Waals surface area contributed by atoms with E-state index in [9.17, 15) is 4.79 Å². The van der Waals surface area contributed by atoms with Crippen LogP contribution in [0.1, 0.15) is 22.9 Å². The van der Waals surface area contributed by atoms with Crippen LogP contribution in [0.15, 0.2) is 71.6 Å². The third kappa shape index (κ3) is 2.76. The lowest BCUT2D eigenvalue weighted by atomic mass is 9.99. The van der Waals surface area contributed by atoms with E-state index in [-0.39, 0.29) is 11.9 Å². The molecule has 4 nitrogen and oxygen atoms in total. The van der Waals surface area contributed by atoms with Gasteiger partial charge in [-0.05, 0) is 23.3 Å². The second-order valence-corrected chi connectivity index (χ2v) is 6.82. The fraction of sp³-hybridized carbons (Fsp3) is 0.158. The molecule has 5 heteroatoms. The zero-order chi connectivity index (χ0) is 16.5. The average Bonchev–Trinajstić information content (AvgIpc) is 3.05. The van der Waals surface area contributed by atoms with Gasteiger partial charge >= 0.3 is 0 Å². The number of imidazole rings is 1. The molecule has 0 saturated heterocycles. The Labute approximate surface area is 148 Å². The highest BCUT2D eigenvalue weighted by Crippen LogP contribution is 2.34. The van der Waals surface area contributed by atoms with Crippen LogP contribution in [0.5, 0.6) is 0 Å². The Morgan fingerprint density at radius 1 is 1.08 bits per heavy atom. The van der Waals surface area contributed by atoms with Crippen LogP contribution in [-0.4, -0.2) is 20.4 Å².